The summed E-state index contributed by atoms with van der Waals surface area (Å²) in [5, 5.41) is 6.54. The number of halogens is 2. The van der Waals surface area contributed by atoms with Crippen LogP contribution in [0.1, 0.15) is 18.4 Å². The molecule has 0 spiro atoms. The fourth-order valence-corrected chi connectivity index (χ4v) is 2.28. The van der Waals surface area contributed by atoms with E-state index < -0.39 is 0 Å². The molecule has 0 radical (unpaired) electrons. The molecule has 4 nitrogen and oxygen atoms in total. The average Bonchev–Trinajstić information content (AvgIpc) is 3.23. The fraction of sp³-hybridized carbons (Fsp3) is 0.429. The maximum atomic E-state index is 11.5. The quantitative estimate of drug-likeness (QED) is 0.845. The molecule has 2 amide bonds. The van der Waals surface area contributed by atoms with Crippen LogP contribution in [0.3, 0.4) is 0 Å². The molecule has 0 heterocycles. The van der Waals surface area contributed by atoms with Gasteiger partial charge in [0.05, 0.1) is 6.54 Å². The second kappa shape index (κ2) is 6.95. The number of carbonyl (C=O) groups is 2. The molecule has 1 aliphatic carbocycles. The average molecular weight is 315 g/mol. The third-order valence-electron chi connectivity index (χ3n) is 3.10. The van der Waals surface area contributed by atoms with E-state index in [2.05, 4.69) is 10.6 Å². The Morgan fingerprint density at radius 2 is 1.95 bits per heavy atom. The second-order valence-electron chi connectivity index (χ2n) is 4.83. The summed E-state index contributed by atoms with van der Waals surface area (Å²) in [6, 6.07) is 5.28. The van der Waals surface area contributed by atoms with Crippen molar-refractivity contribution in [2.24, 2.45) is 5.92 Å². The monoisotopic (exact) mass is 314 g/mol. The molecule has 1 aliphatic rings. The molecule has 1 saturated carbocycles. The van der Waals surface area contributed by atoms with Crippen molar-refractivity contribution in [1.82, 2.24) is 10.6 Å². The highest BCUT2D eigenvalue weighted by atomic mass is 35.5. The largest absolute Gasteiger partial charge is 0.354 e. The molecule has 0 unspecified atom stereocenters. The van der Waals surface area contributed by atoms with Crippen molar-refractivity contribution in [1.29, 1.82) is 0 Å². The molecular weight excluding hydrogens is 299 g/mol. The molecule has 0 aromatic heterocycles. The maximum absolute atomic E-state index is 11.5. The van der Waals surface area contributed by atoms with Crippen molar-refractivity contribution in [3.63, 3.8) is 0 Å². The molecule has 2 rings (SSSR count). The van der Waals surface area contributed by atoms with E-state index in [1.165, 1.54) is 0 Å². The summed E-state index contributed by atoms with van der Waals surface area (Å²) in [7, 11) is 0. The van der Waals surface area contributed by atoms with E-state index in [0.717, 1.165) is 18.4 Å². The molecule has 1 aromatic carbocycles. The van der Waals surface area contributed by atoms with Gasteiger partial charge in [0.2, 0.25) is 11.8 Å². The molecule has 0 bridgehead atoms. The Morgan fingerprint density at radius 1 is 1.20 bits per heavy atom. The molecule has 0 saturated heterocycles. The molecule has 1 aromatic rings. The summed E-state index contributed by atoms with van der Waals surface area (Å²) in [6.07, 6.45) is 2.49. The van der Waals surface area contributed by atoms with Crippen molar-refractivity contribution in [3.8, 4) is 0 Å². The van der Waals surface area contributed by atoms with Crippen LogP contribution in [-0.4, -0.2) is 24.9 Å². The lowest BCUT2D eigenvalue weighted by molar-refractivity contribution is -0.126. The van der Waals surface area contributed by atoms with Gasteiger partial charge >= 0.3 is 0 Å². The Morgan fingerprint density at radius 3 is 2.60 bits per heavy atom. The Hall–Kier alpha value is -1.26. The molecule has 0 aliphatic heterocycles. The standard InChI is InChI=1S/C14H16Cl2N2O2/c15-11-4-3-9(12(16)7-11)5-6-17-13(19)8-18-14(20)10-1-2-10/h3-4,7,10H,1-2,5-6,8H2,(H,17,19)(H,18,20). The van der Waals surface area contributed by atoms with Gasteiger partial charge in [0.25, 0.3) is 0 Å². The van der Waals surface area contributed by atoms with Gasteiger partial charge in [-0.15, -0.1) is 0 Å². The first-order valence-corrected chi connectivity index (χ1v) is 7.30. The second-order valence-corrected chi connectivity index (χ2v) is 5.67. The van der Waals surface area contributed by atoms with Gasteiger partial charge in [-0.05, 0) is 37.0 Å². The van der Waals surface area contributed by atoms with Crippen LogP contribution in [0.4, 0.5) is 0 Å². The van der Waals surface area contributed by atoms with Crippen LogP contribution in [0.15, 0.2) is 18.2 Å². The number of nitrogens with one attached hydrogen (secondary N) is 2. The summed E-state index contributed by atoms with van der Waals surface area (Å²) in [4.78, 5) is 22.9. The molecule has 2 N–H and O–H groups in total. The highest BCUT2D eigenvalue weighted by molar-refractivity contribution is 6.35. The summed E-state index contributed by atoms with van der Waals surface area (Å²) in [6.45, 7) is 0.503. The zero-order valence-electron chi connectivity index (χ0n) is 10.9. The van der Waals surface area contributed by atoms with Crippen LogP contribution in [0.5, 0.6) is 0 Å². The van der Waals surface area contributed by atoms with Crippen LogP contribution < -0.4 is 10.6 Å². The first-order chi connectivity index (χ1) is 9.56. The van der Waals surface area contributed by atoms with Crippen molar-refractivity contribution in [3.05, 3.63) is 33.8 Å². The zero-order valence-corrected chi connectivity index (χ0v) is 12.4. The van der Waals surface area contributed by atoms with E-state index >= 15 is 0 Å². The van der Waals surface area contributed by atoms with Gasteiger partial charge in [0, 0.05) is 22.5 Å². The zero-order chi connectivity index (χ0) is 14.5. The van der Waals surface area contributed by atoms with Crippen LogP contribution in [0.2, 0.25) is 10.0 Å². The number of hydrogen-bond acceptors (Lipinski definition) is 2. The predicted octanol–water partition coefficient (Wildman–Crippen LogP) is 2.18. The summed E-state index contributed by atoms with van der Waals surface area (Å²) < 4.78 is 0. The van der Waals surface area contributed by atoms with Gasteiger partial charge in [-0.25, -0.2) is 0 Å². The van der Waals surface area contributed by atoms with Gasteiger partial charge in [-0.2, -0.15) is 0 Å². The summed E-state index contributed by atoms with van der Waals surface area (Å²) in [5.74, 6) is -0.0966. The highest BCUT2D eigenvalue weighted by Crippen LogP contribution is 2.28. The van der Waals surface area contributed by atoms with Gasteiger partial charge in [-0.3, -0.25) is 9.59 Å². The number of benzene rings is 1. The van der Waals surface area contributed by atoms with Crippen LogP contribution in [0, 0.1) is 5.92 Å². The lowest BCUT2D eigenvalue weighted by Crippen LogP contribution is -2.38. The first-order valence-electron chi connectivity index (χ1n) is 6.54. The maximum Gasteiger partial charge on any atom is 0.239 e. The van der Waals surface area contributed by atoms with Crippen molar-refractivity contribution < 1.29 is 9.59 Å². The fourth-order valence-electron chi connectivity index (χ4n) is 1.78. The minimum absolute atomic E-state index is 0.0269. The Labute approximate surface area is 127 Å². The van der Waals surface area contributed by atoms with Gasteiger partial charge in [-0.1, -0.05) is 29.3 Å². The van der Waals surface area contributed by atoms with E-state index in [-0.39, 0.29) is 24.3 Å². The minimum atomic E-state index is -0.191. The number of carbonyl (C=O) groups excluding carboxylic acids is 2. The predicted molar refractivity (Wildman–Crippen MR) is 78.9 cm³/mol. The van der Waals surface area contributed by atoms with Gasteiger partial charge in [0.1, 0.15) is 0 Å². The Balaban J connectivity index is 1.66. The van der Waals surface area contributed by atoms with E-state index in [0.29, 0.717) is 23.0 Å². The van der Waals surface area contributed by atoms with Crippen molar-refractivity contribution in [2.45, 2.75) is 19.3 Å². The summed E-state index contributed by atoms with van der Waals surface area (Å²) >= 11 is 11.8. The molecule has 6 heteroatoms. The van der Waals surface area contributed by atoms with Crippen LogP contribution in [0.25, 0.3) is 0 Å². The van der Waals surface area contributed by atoms with E-state index in [9.17, 15) is 9.59 Å². The number of amides is 2. The number of rotatable bonds is 6. The Kier molecular flexibility index (Phi) is 5.26. The molecule has 108 valence electrons. The normalized spacial score (nSPS) is 13.9. The molecular formula is C14H16Cl2N2O2. The number of hydrogen-bond donors (Lipinski definition) is 2. The lowest BCUT2D eigenvalue weighted by atomic mass is 10.1. The lowest BCUT2D eigenvalue weighted by Gasteiger charge is -2.08. The van der Waals surface area contributed by atoms with Gasteiger partial charge < -0.3 is 10.6 Å². The summed E-state index contributed by atoms with van der Waals surface area (Å²) in [5.41, 5.74) is 0.929. The van der Waals surface area contributed by atoms with E-state index in [4.69, 9.17) is 23.2 Å². The molecule has 20 heavy (non-hydrogen) atoms. The molecule has 1 fully saturated rings. The third kappa shape index (κ3) is 4.69. The molecule has 0 atom stereocenters. The SMILES string of the molecule is O=C(CNC(=O)C1CC1)NCCc1ccc(Cl)cc1Cl. The Bertz CT molecular complexity index is 516. The highest BCUT2D eigenvalue weighted by Gasteiger charge is 2.29. The minimum Gasteiger partial charge on any atom is -0.354 e. The first kappa shape index (κ1) is 15.1. The van der Waals surface area contributed by atoms with Gasteiger partial charge in [0.15, 0.2) is 0 Å². The van der Waals surface area contributed by atoms with Crippen molar-refractivity contribution in [2.75, 3.05) is 13.1 Å². The van der Waals surface area contributed by atoms with Crippen molar-refractivity contribution >= 4 is 35.0 Å². The van der Waals surface area contributed by atoms with E-state index in [1.54, 1.807) is 12.1 Å². The van der Waals surface area contributed by atoms with E-state index in [1.807, 2.05) is 6.07 Å². The topological polar surface area (TPSA) is 58.2 Å². The van der Waals surface area contributed by atoms with Crippen LogP contribution >= 0.6 is 23.2 Å². The smallest absolute Gasteiger partial charge is 0.239 e. The third-order valence-corrected chi connectivity index (χ3v) is 3.69. The van der Waals surface area contributed by atoms with Crippen LogP contribution in [-0.2, 0) is 16.0 Å².